The standard InChI is InChI=1S/C12H8F5NO2S/c1-20-6-2-3-7-8(4-6)21-10(18-7)5-9(19)11(13,14)12(15,16)17/h2-5,18H,1H3/b10-5+. The molecule has 1 aromatic rings. The van der Waals surface area contributed by atoms with Gasteiger partial charge in [0, 0.05) is 11.0 Å². The number of allylic oxidation sites excluding steroid dienone is 1. The molecule has 1 N–H and O–H groups in total. The summed E-state index contributed by atoms with van der Waals surface area (Å²) < 4.78 is 66.9. The average molecular weight is 325 g/mol. The molecule has 21 heavy (non-hydrogen) atoms. The van der Waals surface area contributed by atoms with Crippen molar-refractivity contribution in [1.82, 2.24) is 0 Å². The number of alkyl halides is 5. The number of methoxy groups -OCH3 is 1. The Labute approximate surface area is 120 Å². The lowest BCUT2D eigenvalue weighted by Gasteiger charge is -2.16. The van der Waals surface area contributed by atoms with Crippen LogP contribution in [0.4, 0.5) is 27.6 Å². The van der Waals surface area contributed by atoms with Crippen LogP contribution in [0.1, 0.15) is 0 Å². The Morgan fingerprint density at radius 2 is 1.95 bits per heavy atom. The van der Waals surface area contributed by atoms with Crippen molar-refractivity contribution in [3.63, 3.8) is 0 Å². The van der Waals surface area contributed by atoms with Crippen LogP contribution in [0.25, 0.3) is 0 Å². The van der Waals surface area contributed by atoms with Gasteiger partial charge in [0.1, 0.15) is 5.75 Å². The summed E-state index contributed by atoms with van der Waals surface area (Å²) in [5, 5.41) is 2.48. The molecule has 9 heteroatoms. The minimum atomic E-state index is -5.92. The van der Waals surface area contributed by atoms with Crippen LogP contribution >= 0.6 is 11.8 Å². The van der Waals surface area contributed by atoms with E-state index in [0.29, 0.717) is 16.3 Å². The maximum absolute atomic E-state index is 12.8. The molecule has 1 aliphatic rings. The molecule has 0 atom stereocenters. The van der Waals surface area contributed by atoms with Crippen LogP contribution in [0, 0.1) is 0 Å². The lowest BCUT2D eigenvalue weighted by Crippen LogP contribution is -2.43. The second kappa shape index (κ2) is 5.21. The van der Waals surface area contributed by atoms with Gasteiger partial charge < -0.3 is 10.1 Å². The minimum Gasteiger partial charge on any atom is -0.497 e. The zero-order valence-electron chi connectivity index (χ0n) is 10.4. The van der Waals surface area contributed by atoms with E-state index in [1.807, 2.05) is 0 Å². The maximum Gasteiger partial charge on any atom is 0.461 e. The van der Waals surface area contributed by atoms with Gasteiger partial charge in [0.25, 0.3) is 0 Å². The van der Waals surface area contributed by atoms with Crippen LogP contribution in [0.2, 0.25) is 0 Å². The van der Waals surface area contributed by atoms with Gasteiger partial charge in [-0.15, -0.1) is 0 Å². The molecule has 0 spiro atoms. The molecule has 1 aliphatic heterocycles. The molecule has 0 amide bonds. The average Bonchev–Trinajstić information content (AvgIpc) is 2.78. The highest BCUT2D eigenvalue weighted by Gasteiger charge is 2.62. The van der Waals surface area contributed by atoms with Crippen LogP contribution in [0.5, 0.6) is 5.75 Å². The summed E-state index contributed by atoms with van der Waals surface area (Å²) in [5.41, 5.74) is 0.496. The number of rotatable bonds is 3. The molecule has 0 aromatic heterocycles. The van der Waals surface area contributed by atoms with Crippen LogP contribution in [-0.4, -0.2) is 25.0 Å². The Hall–Kier alpha value is -1.77. The van der Waals surface area contributed by atoms with E-state index >= 15 is 0 Å². The number of carbonyl (C=O) groups excluding carboxylic acids is 1. The zero-order chi connectivity index (χ0) is 15.8. The highest BCUT2D eigenvalue weighted by atomic mass is 32.2. The number of ketones is 1. The fourth-order valence-corrected chi connectivity index (χ4v) is 2.48. The molecule has 1 aromatic carbocycles. The van der Waals surface area contributed by atoms with Gasteiger partial charge in [-0.1, -0.05) is 11.8 Å². The Kier molecular flexibility index (Phi) is 3.87. The monoisotopic (exact) mass is 325 g/mol. The third kappa shape index (κ3) is 2.97. The van der Waals surface area contributed by atoms with E-state index in [4.69, 9.17) is 4.74 Å². The predicted octanol–water partition coefficient (Wildman–Crippen LogP) is 3.82. The van der Waals surface area contributed by atoms with Crippen molar-refractivity contribution in [3.05, 3.63) is 29.3 Å². The minimum absolute atomic E-state index is 0.104. The van der Waals surface area contributed by atoms with E-state index in [1.165, 1.54) is 7.11 Å². The molecule has 0 saturated heterocycles. The third-order valence-electron chi connectivity index (χ3n) is 2.59. The Bertz CT molecular complexity index is 612. The SMILES string of the molecule is COc1ccc2c(c1)S/C(=C/C(=O)C(F)(F)C(F)(F)F)N2. The first-order valence-electron chi connectivity index (χ1n) is 5.49. The maximum atomic E-state index is 12.8. The highest BCUT2D eigenvalue weighted by Crippen LogP contribution is 2.43. The van der Waals surface area contributed by atoms with E-state index in [9.17, 15) is 26.7 Å². The number of nitrogens with one attached hydrogen (secondary N) is 1. The van der Waals surface area contributed by atoms with E-state index in [2.05, 4.69) is 5.32 Å². The first-order valence-corrected chi connectivity index (χ1v) is 6.30. The molecular formula is C12H8F5NO2S. The van der Waals surface area contributed by atoms with Crippen molar-refractivity contribution in [2.45, 2.75) is 17.0 Å². The number of carbonyl (C=O) groups is 1. The predicted molar refractivity (Wildman–Crippen MR) is 66.6 cm³/mol. The summed E-state index contributed by atoms with van der Waals surface area (Å²) in [4.78, 5) is 11.7. The summed E-state index contributed by atoms with van der Waals surface area (Å²) >= 11 is 0.869. The van der Waals surface area contributed by atoms with Crippen LogP contribution in [0.15, 0.2) is 34.2 Å². The molecule has 0 radical (unpaired) electrons. The van der Waals surface area contributed by atoms with Crippen molar-refractivity contribution >= 4 is 23.2 Å². The van der Waals surface area contributed by atoms with Gasteiger partial charge in [-0.3, -0.25) is 4.79 Å². The summed E-state index contributed by atoms with van der Waals surface area (Å²) in [6.45, 7) is 0. The molecule has 1 heterocycles. The number of thioether (sulfide) groups is 1. The number of halogens is 5. The number of benzene rings is 1. The fourth-order valence-electron chi connectivity index (χ4n) is 1.51. The Morgan fingerprint density at radius 1 is 1.29 bits per heavy atom. The van der Waals surface area contributed by atoms with Crippen molar-refractivity contribution in [1.29, 1.82) is 0 Å². The van der Waals surface area contributed by atoms with Gasteiger partial charge in [-0.25, -0.2) is 0 Å². The topological polar surface area (TPSA) is 38.3 Å². The molecule has 0 aliphatic carbocycles. The number of hydrogen-bond acceptors (Lipinski definition) is 4. The summed E-state index contributed by atoms with van der Waals surface area (Å²) in [6, 6.07) is 4.72. The third-order valence-corrected chi connectivity index (χ3v) is 3.59. The molecule has 0 fully saturated rings. The van der Waals surface area contributed by atoms with Crippen LogP contribution in [-0.2, 0) is 4.79 Å². The summed E-state index contributed by atoms with van der Waals surface area (Å²) in [7, 11) is 1.43. The second-order valence-electron chi connectivity index (χ2n) is 4.03. The Morgan fingerprint density at radius 3 is 2.52 bits per heavy atom. The summed E-state index contributed by atoms with van der Waals surface area (Å²) in [5.74, 6) is -7.23. The lowest BCUT2D eigenvalue weighted by atomic mass is 10.2. The quantitative estimate of drug-likeness (QED) is 0.677. The molecule has 114 valence electrons. The van der Waals surface area contributed by atoms with E-state index in [1.54, 1.807) is 18.2 Å². The molecule has 0 saturated carbocycles. The van der Waals surface area contributed by atoms with E-state index in [-0.39, 0.29) is 11.1 Å². The normalized spacial score (nSPS) is 16.6. The Balaban J connectivity index is 2.21. The fraction of sp³-hybridized carbons (Fsp3) is 0.250. The zero-order valence-corrected chi connectivity index (χ0v) is 11.2. The van der Waals surface area contributed by atoms with Crippen molar-refractivity contribution < 1.29 is 31.5 Å². The smallest absolute Gasteiger partial charge is 0.461 e. The lowest BCUT2D eigenvalue weighted by molar-refractivity contribution is -0.266. The molecule has 0 bridgehead atoms. The van der Waals surface area contributed by atoms with Gasteiger partial charge in [0.15, 0.2) is 0 Å². The number of hydrogen-bond donors (Lipinski definition) is 1. The van der Waals surface area contributed by atoms with Crippen molar-refractivity contribution in [2.75, 3.05) is 12.4 Å². The van der Waals surface area contributed by atoms with E-state index in [0.717, 1.165) is 11.8 Å². The largest absolute Gasteiger partial charge is 0.497 e. The van der Waals surface area contributed by atoms with Gasteiger partial charge in [-0.2, -0.15) is 22.0 Å². The summed E-state index contributed by atoms with van der Waals surface area (Å²) in [6.07, 6.45) is -5.66. The molecular weight excluding hydrogens is 317 g/mol. The first-order chi connectivity index (χ1) is 9.65. The molecule has 2 rings (SSSR count). The highest BCUT2D eigenvalue weighted by molar-refractivity contribution is 8.03. The molecule has 0 unspecified atom stereocenters. The van der Waals surface area contributed by atoms with Gasteiger partial charge in [-0.05, 0) is 18.2 Å². The second-order valence-corrected chi connectivity index (χ2v) is 5.12. The van der Waals surface area contributed by atoms with Crippen molar-refractivity contribution in [3.8, 4) is 5.75 Å². The number of fused-ring (bicyclic) bond motifs is 1. The molecule has 3 nitrogen and oxygen atoms in total. The van der Waals surface area contributed by atoms with Gasteiger partial charge in [0.2, 0.25) is 5.78 Å². The van der Waals surface area contributed by atoms with Gasteiger partial charge in [0.05, 0.1) is 17.8 Å². The van der Waals surface area contributed by atoms with Gasteiger partial charge >= 0.3 is 12.1 Å². The first kappa shape index (κ1) is 15.6. The van der Waals surface area contributed by atoms with E-state index < -0.39 is 17.9 Å². The number of ether oxygens (including phenoxy) is 1. The van der Waals surface area contributed by atoms with Crippen molar-refractivity contribution in [2.24, 2.45) is 0 Å². The van der Waals surface area contributed by atoms with Crippen LogP contribution in [0.3, 0.4) is 0 Å². The van der Waals surface area contributed by atoms with Crippen LogP contribution < -0.4 is 10.1 Å². The number of anilines is 1.